The Morgan fingerprint density at radius 1 is 1.14 bits per heavy atom. The summed E-state index contributed by atoms with van der Waals surface area (Å²) in [5.41, 5.74) is 3.80. The van der Waals surface area contributed by atoms with Crippen molar-refractivity contribution in [2.75, 3.05) is 11.9 Å². The molecule has 1 atom stereocenters. The number of fused-ring (bicyclic) bond motifs is 1. The highest BCUT2D eigenvalue weighted by Crippen LogP contribution is 2.31. The Hall–Kier alpha value is -2.38. The summed E-state index contributed by atoms with van der Waals surface area (Å²) in [5, 5.41) is 12.3. The normalized spacial score (nSPS) is 14.4. The topological polar surface area (TPSA) is 58.1 Å². The average molecular weight is 411 g/mol. The van der Waals surface area contributed by atoms with Crippen LogP contribution in [0.5, 0.6) is 0 Å². The number of aromatic nitrogens is 2. The lowest BCUT2D eigenvalue weighted by Gasteiger charge is -2.30. The van der Waals surface area contributed by atoms with Gasteiger partial charge in [0, 0.05) is 19.6 Å². The minimum absolute atomic E-state index is 0.161. The second kappa shape index (κ2) is 8.75. The summed E-state index contributed by atoms with van der Waals surface area (Å²) in [7, 11) is 0. The van der Waals surface area contributed by atoms with Crippen molar-refractivity contribution in [3.05, 3.63) is 71.3 Å². The fraction of sp³-hybridized carbons (Fsp3) is 0.286. The van der Waals surface area contributed by atoms with Gasteiger partial charge in [-0.2, -0.15) is 0 Å². The molecule has 1 aliphatic heterocycles. The maximum absolute atomic E-state index is 12.9. The lowest BCUT2D eigenvalue weighted by Crippen LogP contribution is -2.40. The SMILES string of the molecule is CC(Sc1nnc(NCc2ccccc2)s1)C(=O)N1CCc2ccccc2C1. The summed E-state index contributed by atoms with van der Waals surface area (Å²) in [6.07, 6.45) is 0.922. The third-order valence-electron chi connectivity index (χ3n) is 4.76. The first-order chi connectivity index (χ1) is 13.7. The molecule has 1 unspecified atom stereocenters. The van der Waals surface area contributed by atoms with Crippen molar-refractivity contribution in [1.29, 1.82) is 0 Å². The molecule has 4 rings (SSSR count). The van der Waals surface area contributed by atoms with Crippen LogP contribution in [0.15, 0.2) is 58.9 Å². The van der Waals surface area contributed by atoms with Gasteiger partial charge in [-0.05, 0) is 30.0 Å². The van der Waals surface area contributed by atoms with Crippen molar-refractivity contribution in [2.45, 2.75) is 36.0 Å². The van der Waals surface area contributed by atoms with Gasteiger partial charge in [-0.1, -0.05) is 77.7 Å². The highest BCUT2D eigenvalue weighted by Gasteiger charge is 2.26. The molecule has 0 spiro atoms. The smallest absolute Gasteiger partial charge is 0.236 e. The predicted octanol–water partition coefficient (Wildman–Crippen LogP) is 4.22. The van der Waals surface area contributed by atoms with Crippen LogP contribution in [0.1, 0.15) is 23.6 Å². The summed E-state index contributed by atoms with van der Waals surface area (Å²) < 4.78 is 0.814. The van der Waals surface area contributed by atoms with Gasteiger partial charge in [-0.15, -0.1) is 10.2 Å². The molecule has 5 nitrogen and oxygen atoms in total. The van der Waals surface area contributed by atoms with E-state index >= 15 is 0 Å². The van der Waals surface area contributed by atoms with Gasteiger partial charge in [0.15, 0.2) is 4.34 Å². The fourth-order valence-corrected chi connectivity index (χ4v) is 5.22. The van der Waals surface area contributed by atoms with E-state index in [0.29, 0.717) is 13.1 Å². The van der Waals surface area contributed by atoms with Crippen LogP contribution >= 0.6 is 23.1 Å². The van der Waals surface area contributed by atoms with E-state index in [2.05, 4.69) is 45.8 Å². The Labute approximate surface area is 173 Å². The van der Waals surface area contributed by atoms with Crippen LogP contribution in [0.3, 0.4) is 0 Å². The number of anilines is 1. The highest BCUT2D eigenvalue weighted by atomic mass is 32.2. The molecule has 1 amide bonds. The molecule has 0 fully saturated rings. The van der Waals surface area contributed by atoms with Gasteiger partial charge in [0.2, 0.25) is 11.0 Å². The van der Waals surface area contributed by atoms with E-state index in [4.69, 9.17) is 0 Å². The van der Waals surface area contributed by atoms with E-state index in [9.17, 15) is 4.79 Å². The molecule has 1 aliphatic rings. The Morgan fingerprint density at radius 2 is 1.89 bits per heavy atom. The van der Waals surface area contributed by atoms with Gasteiger partial charge in [-0.25, -0.2) is 0 Å². The van der Waals surface area contributed by atoms with Crippen LogP contribution in [-0.2, 0) is 24.3 Å². The zero-order chi connectivity index (χ0) is 19.3. The Morgan fingerprint density at radius 3 is 2.71 bits per heavy atom. The molecule has 3 aromatic rings. The summed E-state index contributed by atoms with van der Waals surface area (Å²) in [4.78, 5) is 14.8. The lowest BCUT2D eigenvalue weighted by molar-refractivity contribution is -0.131. The van der Waals surface area contributed by atoms with Crippen molar-refractivity contribution < 1.29 is 4.79 Å². The van der Waals surface area contributed by atoms with E-state index in [1.807, 2.05) is 36.1 Å². The van der Waals surface area contributed by atoms with Crippen LogP contribution in [0.25, 0.3) is 0 Å². The molecular formula is C21H22N4OS2. The first-order valence-electron chi connectivity index (χ1n) is 9.32. The number of amides is 1. The number of thioether (sulfide) groups is 1. The third-order valence-corrected chi connectivity index (χ3v) is 6.81. The van der Waals surface area contributed by atoms with E-state index in [1.165, 1.54) is 39.8 Å². The molecule has 0 aliphatic carbocycles. The average Bonchev–Trinajstić information content (AvgIpc) is 3.19. The van der Waals surface area contributed by atoms with Crippen molar-refractivity contribution >= 4 is 34.1 Å². The van der Waals surface area contributed by atoms with Crippen LogP contribution in [-0.4, -0.2) is 32.8 Å². The Bertz CT molecular complexity index is 944. The third kappa shape index (κ3) is 4.54. The van der Waals surface area contributed by atoms with Crippen molar-refractivity contribution in [3.8, 4) is 0 Å². The molecule has 7 heteroatoms. The second-order valence-electron chi connectivity index (χ2n) is 6.75. The number of rotatable bonds is 6. The van der Waals surface area contributed by atoms with E-state index in [-0.39, 0.29) is 11.2 Å². The van der Waals surface area contributed by atoms with Gasteiger partial charge < -0.3 is 10.2 Å². The molecule has 0 saturated carbocycles. The van der Waals surface area contributed by atoms with E-state index in [0.717, 1.165) is 22.4 Å². The number of hydrogen-bond acceptors (Lipinski definition) is 6. The maximum Gasteiger partial charge on any atom is 0.236 e. The molecule has 0 bridgehead atoms. The van der Waals surface area contributed by atoms with Gasteiger partial charge in [0.1, 0.15) is 0 Å². The van der Waals surface area contributed by atoms with Gasteiger partial charge in [0.25, 0.3) is 0 Å². The largest absolute Gasteiger partial charge is 0.356 e. The summed E-state index contributed by atoms with van der Waals surface area (Å²) >= 11 is 2.97. The monoisotopic (exact) mass is 410 g/mol. The highest BCUT2D eigenvalue weighted by molar-refractivity contribution is 8.02. The zero-order valence-electron chi connectivity index (χ0n) is 15.7. The summed E-state index contributed by atoms with van der Waals surface area (Å²) in [6, 6.07) is 18.5. The molecule has 144 valence electrons. The van der Waals surface area contributed by atoms with E-state index < -0.39 is 0 Å². The minimum Gasteiger partial charge on any atom is -0.356 e. The quantitative estimate of drug-likeness (QED) is 0.617. The molecular weight excluding hydrogens is 388 g/mol. The Kier molecular flexibility index (Phi) is 5.92. The van der Waals surface area contributed by atoms with Crippen LogP contribution in [0.2, 0.25) is 0 Å². The molecule has 2 heterocycles. The maximum atomic E-state index is 12.9. The lowest BCUT2D eigenvalue weighted by atomic mass is 10.00. The van der Waals surface area contributed by atoms with E-state index in [1.54, 1.807) is 0 Å². The second-order valence-corrected chi connectivity index (χ2v) is 9.32. The van der Waals surface area contributed by atoms with Gasteiger partial charge >= 0.3 is 0 Å². The molecule has 1 aromatic heterocycles. The van der Waals surface area contributed by atoms with Crippen molar-refractivity contribution in [3.63, 3.8) is 0 Å². The zero-order valence-corrected chi connectivity index (χ0v) is 17.3. The van der Waals surface area contributed by atoms with Gasteiger partial charge in [-0.3, -0.25) is 4.79 Å². The van der Waals surface area contributed by atoms with Gasteiger partial charge in [0.05, 0.1) is 5.25 Å². The van der Waals surface area contributed by atoms with Crippen LogP contribution < -0.4 is 5.32 Å². The minimum atomic E-state index is -0.180. The first-order valence-corrected chi connectivity index (χ1v) is 11.0. The van der Waals surface area contributed by atoms with Crippen molar-refractivity contribution in [1.82, 2.24) is 15.1 Å². The molecule has 1 N–H and O–H groups in total. The predicted molar refractivity (Wildman–Crippen MR) is 115 cm³/mol. The van der Waals surface area contributed by atoms with Crippen LogP contribution in [0.4, 0.5) is 5.13 Å². The fourth-order valence-electron chi connectivity index (χ4n) is 3.24. The standard InChI is InChI=1S/C21H22N4OS2/c1-15(19(26)25-12-11-17-9-5-6-10-18(17)14-25)27-21-24-23-20(28-21)22-13-16-7-3-2-4-8-16/h2-10,15H,11-14H2,1H3,(H,22,23). The number of benzene rings is 2. The summed E-state index contributed by atoms with van der Waals surface area (Å²) in [6.45, 7) is 4.13. The number of nitrogens with one attached hydrogen (secondary N) is 1. The van der Waals surface area contributed by atoms with Crippen LogP contribution in [0, 0.1) is 0 Å². The summed E-state index contributed by atoms with van der Waals surface area (Å²) in [5.74, 6) is 0.161. The number of hydrogen-bond donors (Lipinski definition) is 1. The molecule has 2 aromatic carbocycles. The van der Waals surface area contributed by atoms with Crippen molar-refractivity contribution in [2.24, 2.45) is 0 Å². The molecule has 0 saturated heterocycles. The molecule has 28 heavy (non-hydrogen) atoms. The Balaban J connectivity index is 1.32. The molecule has 0 radical (unpaired) electrons. The number of carbonyl (C=O) groups excluding carboxylic acids is 1. The number of nitrogens with zero attached hydrogens (tertiary/aromatic N) is 3. The first kappa shape index (κ1) is 19.0. The number of carbonyl (C=O) groups is 1.